The predicted octanol–water partition coefficient (Wildman–Crippen LogP) is 6.75. The van der Waals surface area contributed by atoms with E-state index in [1.807, 2.05) is 18.2 Å². The summed E-state index contributed by atoms with van der Waals surface area (Å²) in [6.45, 7) is 4.01. The Bertz CT molecular complexity index is 1350. The van der Waals surface area contributed by atoms with E-state index in [1.165, 1.54) is 30.9 Å². The van der Waals surface area contributed by atoms with Crippen LogP contribution in [0.4, 0.5) is 16.0 Å². The summed E-state index contributed by atoms with van der Waals surface area (Å²) in [4.78, 5) is 16.5. The first kappa shape index (κ1) is 25.3. The molecule has 1 fully saturated rings. The third kappa shape index (κ3) is 6.68. The lowest BCUT2D eigenvalue weighted by atomic mass is 10.2. The molecule has 0 radical (unpaired) electrons. The highest BCUT2D eigenvalue weighted by Gasteiger charge is 2.14. The molecule has 37 heavy (non-hydrogen) atoms. The molecular weight excluding hydrogens is 511 g/mol. The monoisotopic (exact) mass is 536 g/mol. The van der Waals surface area contributed by atoms with Crippen LogP contribution in [-0.4, -0.2) is 46.0 Å². The fourth-order valence-corrected chi connectivity index (χ4v) is 4.91. The fraction of sp³-hybridized carbons (Fsp3) is 0.222. The number of hydrogen-bond donors (Lipinski definition) is 2. The highest BCUT2D eigenvalue weighted by atomic mass is 35.5. The van der Waals surface area contributed by atoms with Crippen molar-refractivity contribution in [3.8, 4) is 22.8 Å². The molecule has 1 aliphatic rings. The van der Waals surface area contributed by atoms with Crippen molar-refractivity contribution in [1.82, 2.24) is 19.9 Å². The Kier molecular flexibility index (Phi) is 8.35. The minimum absolute atomic E-state index is 0.0961. The van der Waals surface area contributed by atoms with Gasteiger partial charge in [0.25, 0.3) is 0 Å². The molecule has 0 saturated carbocycles. The van der Waals surface area contributed by atoms with E-state index >= 15 is 0 Å². The topological polar surface area (TPSA) is 75.2 Å². The van der Waals surface area contributed by atoms with Gasteiger partial charge in [-0.15, -0.1) is 0 Å². The summed E-state index contributed by atoms with van der Waals surface area (Å²) >= 11 is 7.50. The van der Waals surface area contributed by atoms with Crippen molar-refractivity contribution in [1.29, 1.82) is 0 Å². The van der Waals surface area contributed by atoms with Crippen molar-refractivity contribution in [3.05, 3.63) is 84.0 Å². The molecule has 0 unspecified atom stereocenters. The molecule has 2 aromatic carbocycles. The number of anilines is 2. The van der Waals surface area contributed by atoms with Crippen LogP contribution < -0.4 is 14.8 Å². The van der Waals surface area contributed by atoms with E-state index < -0.39 is 5.82 Å². The third-order valence-electron chi connectivity index (χ3n) is 5.89. The van der Waals surface area contributed by atoms with Crippen LogP contribution in [0.3, 0.4) is 0 Å². The number of pyridine rings is 1. The molecule has 3 heterocycles. The van der Waals surface area contributed by atoms with Crippen LogP contribution in [0.25, 0.3) is 11.3 Å². The molecule has 0 bridgehead atoms. The van der Waals surface area contributed by atoms with Crippen LogP contribution in [0.15, 0.2) is 78.1 Å². The van der Waals surface area contributed by atoms with E-state index in [-0.39, 0.29) is 5.75 Å². The minimum Gasteiger partial charge on any atom is -0.453 e. The van der Waals surface area contributed by atoms with Gasteiger partial charge in [0.1, 0.15) is 5.75 Å². The highest BCUT2D eigenvalue weighted by Crippen LogP contribution is 2.35. The van der Waals surface area contributed by atoms with Gasteiger partial charge in [0.2, 0.25) is 5.95 Å². The third-order valence-corrected chi connectivity index (χ3v) is 7.25. The molecule has 5 rings (SSSR count). The van der Waals surface area contributed by atoms with Crippen LogP contribution in [0.2, 0.25) is 5.02 Å². The Morgan fingerprint density at radius 3 is 2.73 bits per heavy atom. The SMILES string of the molecule is Fc1cc(NSc2ccccc2Cl)ccc1Oc1ccncc1-c1ccnc(NCCN2CCCC2)n1. The van der Waals surface area contributed by atoms with Crippen molar-refractivity contribution in [2.75, 3.05) is 36.2 Å². The quantitative estimate of drug-likeness (QED) is 0.216. The zero-order chi connectivity index (χ0) is 25.5. The number of rotatable bonds is 10. The predicted molar refractivity (Wildman–Crippen MR) is 147 cm³/mol. The normalized spacial score (nSPS) is 13.5. The van der Waals surface area contributed by atoms with Gasteiger partial charge in [-0.2, -0.15) is 0 Å². The van der Waals surface area contributed by atoms with E-state index in [0.29, 0.717) is 33.7 Å². The number of nitrogens with zero attached hydrogens (tertiary/aromatic N) is 4. The Balaban J connectivity index is 1.26. The molecule has 0 spiro atoms. The van der Waals surface area contributed by atoms with Crippen molar-refractivity contribution < 1.29 is 9.13 Å². The largest absolute Gasteiger partial charge is 0.453 e. The average molecular weight is 537 g/mol. The summed E-state index contributed by atoms with van der Waals surface area (Å²) in [5.74, 6) is 0.573. The summed E-state index contributed by atoms with van der Waals surface area (Å²) in [6.07, 6.45) is 7.46. The molecule has 7 nitrogen and oxygen atoms in total. The van der Waals surface area contributed by atoms with E-state index in [0.717, 1.165) is 31.1 Å². The Morgan fingerprint density at radius 1 is 1.03 bits per heavy atom. The van der Waals surface area contributed by atoms with Crippen molar-refractivity contribution in [3.63, 3.8) is 0 Å². The number of nitrogens with one attached hydrogen (secondary N) is 2. The van der Waals surface area contributed by atoms with Gasteiger partial charge in [0, 0.05) is 48.3 Å². The second-order valence-corrected chi connectivity index (χ2v) is 9.75. The highest BCUT2D eigenvalue weighted by molar-refractivity contribution is 8.00. The molecule has 190 valence electrons. The first-order valence-corrected chi connectivity index (χ1v) is 13.2. The van der Waals surface area contributed by atoms with Crippen molar-refractivity contribution in [2.45, 2.75) is 17.7 Å². The molecule has 1 saturated heterocycles. The fourth-order valence-electron chi connectivity index (χ4n) is 4.00. The maximum absolute atomic E-state index is 15.0. The molecule has 10 heteroatoms. The molecule has 0 amide bonds. The van der Waals surface area contributed by atoms with Crippen molar-refractivity contribution in [2.24, 2.45) is 0 Å². The van der Waals surface area contributed by atoms with Gasteiger partial charge >= 0.3 is 0 Å². The van der Waals surface area contributed by atoms with Gasteiger partial charge in [-0.3, -0.25) is 4.98 Å². The van der Waals surface area contributed by atoms with Crippen LogP contribution in [0, 0.1) is 5.82 Å². The molecule has 4 aromatic rings. The molecular formula is C27H26ClFN6OS. The number of halogens is 2. The zero-order valence-electron chi connectivity index (χ0n) is 20.0. The Hall–Kier alpha value is -3.40. The summed E-state index contributed by atoms with van der Waals surface area (Å²) in [6, 6.07) is 15.6. The summed E-state index contributed by atoms with van der Waals surface area (Å²) in [7, 11) is 0. The lowest BCUT2D eigenvalue weighted by Crippen LogP contribution is -2.26. The number of hydrogen-bond acceptors (Lipinski definition) is 8. The van der Waals surface area contributed by atoms with Gasteiger partial charge in [0.05, 0.1) is 16.3 Å². The smallest absolute Gasteiger partial charge is 0.223 e. The van der Waals surface area contributed by atoms with Gasteiger partial charge in [-0.25, -0.2) is 14.4 Å². The molecule has 0 atom stereocenters. The molecule has 0 aliphatic carbocycles. The van der Waals surface area contributed by atoms with Gasteiger partial charge in [-0.1, -0.05) is 23.7 Å². The van der Waals surface area contributed by atoms with Crippen LogP contribution in [0.1, 0.15) is 12.8 Å². The summed E-state index contributed by atoms with van der Waals surface area (Å²) in [5, 5.41) is 3.92. The van der Waals surface area contributed by atoms with Gasteiger partial charge < -0.3 is 19.7 Å². The second-order valence-electron chi connectivity index (χ2n) is 8.49. The standard InChI is InChI=1S/C27H26ClFN6OS/c28-21-5-1-2-6-26(21)37-34-19-7-8-25(22(29)17-19)36-24-10-11-30-18-20(24)23-9-12-31-27(33-23)32-13-16-35-14-3-4-15-35/h1-2,5-12,17-18,34H,3-4,13-16H2,(H,31,32,33). The number of benzene rings is 2. The van der Waals surface area contributed by atoms with Crippen LogP contribution >= 0.6 is 23.5 Å². The van der Waals surface area contributed by atoms with Crippen LogP contribution in [-0.2, 0) is 0 Å². The molecule has 2 aromatic heterocycles. The van der Waals surface area contributed by atoms with E-state index in [1.54, 1.807) is 48.9 Å². The maximum atomic E-state index is 15.0. The number of aromatic nitrogens is 3. The Morgan fingerprint density at radius 2 is 1.89 bits per heavy atom. The lowest BCUT2D eigenvalue weighted by molar-refractivity contribution is 0.352. The zero-order valence-corrected chi connectivity index (χ0v) is 21.6. The second kappa shape index (κ2) is 12.2. The average Bonchev–Trinajstić information content (AvgIpc) is 3.44. The van der Waals surface area contributed by atoms with Gasteiger partial charge in [0.15, 0.2) is 11.6 Å². The lowest BCUT2D eigenvalue weighted by Gasteiger charge is -2.15. The van der Waals surface area contributed by atoms with Gasteiger partial charge in [-0.05, 0) is 74.3 Å². The van der Waals surface area contributed by atoms with E-state index in [9.17, 15) is 4.39 Å². The van der Waals surface area contributed by atoms with Crippen molar-refractivity contribution >= 4 is 35.2 Å². The van der Waals surface area contributed by atoms with Crippen LogP contribution in [0.5, 0.6) is 11.5 Å². The Labute approximate surface area is 224 Å². The first-order chi connectivity index (χ1) is 18.2. The summed E-state index contributed by atoms with van der Waals surface area (Å²) in [5.41, 5.74) is 1.87. The minimum atomic E-state index is -0.500. The molecule has 1 aliphatic heterocycles. The summed E-state index contributed by atoms with van der Waals surface area (Å²) < 4.78 is 24.0. The number of ether oxygens (including phenoxy) is 1. The van der Waals surface area contributed by atoms with E-state index in [4.69, 9.17) is 16.3 Å². The first-order valence-electron chi connectivity index (χ1n) is 12.0. The van der Waals surface area contributed by atoms with E-state index in [2.05, 4.69) is 29.9 Å². The molecule has 2 N–H and O–H groups in total. The number of likely N-dealkylation sites (tertiary alicyclic amines) is 1. The maximum Gasteiger partial charge on any atom is 0.223 e.